The molecule has 0 unspecified atom stereocenters. The Morgan fingerprint density at radius 2 is 1.62 bits per heavy atom. The van der Waals surface area contributed by atoms with Crippen LogP contribution < -0.4 is 21.3 Å². The van der Waals surface area contributed by atoms with E-state index in [2.05, 4.69) is 31.2 Å². The molecule has 0 aliphatic heterocycles. The molecule has 13 heteroatoms. The van der Waals surface area contributed by atoms with Gasteiger partial charge in [0.25, 0.3) is 0 Å². The monoisotopic (exact) mass is 553 g/mol. The quantitative estimate of drug-likeness (QED) is 0.219. The average molecular weight is 554 g/mol. The number of amides is 2. The van der Waals surface area contributed by atoms with Crippen LogP contribution in [0.3, 0.4) is 0 Å². The molecule has 0 saturated carbocycles. The molecule has 210 valence electrons. The molecule has 0 saturated heterocycles. The maximum absolute atomic E-state index is 13.3. The number of alkyl halides is 3. The van der Waals surface area contributed by atoms with Crippen LogP contribution in [0.5, 0.6) is 0 Å². The van der Waals surface area contributed by atoms with Crippen LogP contribution >= 0.6 is 0 Å². The Labute approximate surface area is 229 Å². The van der Waals surface area contributed by atoms with Crippen molar-refractivity contribution in [2.24, 2.45) is 0 Å². The van der Waals surface area contributed by atoms with E-state index in [0.29, 0.717) is 35.4 Å². The van der Waals surface area contributed by atoms with Crippen molar-refractivity contribution in [3.05, 3.63) is 77.2 Å². The van der Waals surface area contributed by atoms with Crippen LogP contribution in [0.15, 0.2) is 54.9 Å². The summed E-state index contributed by atoms with van der Waals surface area (Å²) < 4.78 is 41.4. The van der Waals surface area contributed by atoms with Gasteiger partial charge in [0.2, 0.25) is 0 Å². The molecule has 2 aromatic carbocycles. The van der Waals surface area contributed by atoms with E-state index in [9.17, 15) is 18.0 Å². The molecule has 0 aliphatic carbocycles. The van der Waals surface area contributed by atoms with Crippen LogP contribution in [0.4, 0.5) is 46.7 Å². The SMILES string of the molecule is CNc1cc(-n2nc(CN(C)C)cc2Nc2cc(NC(=O)Nc3ccc(C)c(C(F)(F)F)c3)ccc2C)ncn1. The molecule has 2 aromatic heterocycles. The zero-order valence-corrected chi connectivity index (χ0v) is 22.7. The van der Waals surface area contributed by atoms with Crippen molar-refractivity contribution in [3.8, 4) is 5.82 Å². The second kappa shape index (κ2) is 11.6. The zero-order valence-electron chi connectivity index (χ0n) is 22.7. The number of aryl methyl sites for hydroxylation is 2. The van der Waals surface area contributed by atoms with Crippen molar-refractivity contribution in [1.29, 1.82) is 0 Å². The van der Waals surface area contributed by atoms with Gasteiger partial charge >= 0.3 is 12.2 Å². The molecule has 2 heterocycles. The predicted molar refractivity (Wildman–Crippen MR) is 149 cm³/mol. The lowest BCUT2D eigenvalue weighted by atomic mass is 10.1. The fourth-order valence-corrected chi connectivity index (χ4v) is 3.97. The second-order valence-corrected chi connectivity index (χ2v) is 9.44. The number of benzene rings is 2. The Balaban J connectivity index is 1.57. The molecule has 0 aliphatic rings. The van der Waals surface area contributed by atoms with Gasteiger partial charge in [-0.2, -0.15) is 23.0 Å². The molecule has 4 rings (SSSR count). The maximum Gasteiger partial charge on any atom is 0.416 e. The molecular formula is C27H30F3N9O. The molecule has 2 amide bonds. The molecule has 0 fully saturated rings. The van der Waals surface area contributed by atoms with Crippen LogP contribution in [0.2, 0.25) is 0 Å². The number of halogens is 3. The molecule has 10 nitrogen and oxygen atoms in total. The third kappa shape index (κ3) is 6.86. The Bertz CT molecular complexity index is 1520. The Kier molecular flexibility index (Phi) is 8.24. The van der Waals surface area contributed by atoms with Crippen LogP contribution in [-0.4, -0.2) is 51.8 Å². The van der Waals surface area contributed by atoms with Gasteiger partial charge in [-0.1, -0.05) is 12.1 Å². The average Bonchev–Trinajstić information content (AvgIpc) is 3.27. The van der Waals surface area contributed by atoms with Crippen molar-refractivity contribution in [2.45, 2.75) is 26.6 Å². The number of aromatic nitrogens is 4. The minimum Gasteiger partial charge on any atom is -0.373 e. The number of carbonyl (C=O) groups is 1. The van der Waals surface area contributed by atoms with Crippen LogP contribution in [-0.2, 0) is 12.7 Å². The van der Waals surface area contributed by atoms with Crippen LogP contribution in [0.1, 0.15) is 22.4 Å². The van der Waals surface area contributed by atoms with Crippen molar-refractivity contribution in [3.63, 3.8) is 0 Å². The van der Waals surface area contributed by atoms with Crippen molar-refractivity contribution >= 4 is 34.7 Å². The van der Waals surface area contributed by atoms with Crippen molar-refractivity contribution < 1.29 is 18.0 Å². The first kappa shape index (κ1) is 28.4. The van der Waals surface area contributed by atoms with Gasteiger partial charge in [0.1, 0.15) is 18.0 Å². The smallest absolute Gasteiger partial charge is 0.373 e. The van der Waals surface area contributed by atoms with Gasteiger partial charge in [0.15, 0.2) is 5.82 Å². The summed E-state index contributed by atoms with van der Waals surface area (Å²) in [6.07, 6.45) is -3.08. The number of nitrogens with one attached hydrogen (secondary N) is 4. The second-order valence-electron chi connectivity index (χ2n) is 9.44. The number of hydrogen-bond donors (Lipinski definition) is 4. The van der Waals surface area contributed by atoms with Gasteiger partial charge in [-0.25, -0.2) is 14.8 Å². The van der Waals surface area contributed by atoms with Crippen molar-refractivity contribution in [2.75, 3.05) is 42.4 Å². The maximum atomic E-state index is 13.3. The highest BCUT2D eigenvalue weighted by Gasteiger charge is 2.32. The van der Waals surface area contributed by atoms with E-state index >= 15 is 0 Å². The van der Waals surface area contributed by atoms with Gasteiger partial charge < -0.3 is 26.2 Å². The van der Waals surface area contributed by atoms with E-state index in [4.69, 9.17) is 5.10 Å². The van der Waals surface area contributed by atoms with Crippen LogP contribution in [0, 0.1) is 13.8 Å². The summed E-state index contributed by atoms with van der Waals surface area (Å²) in [5.74, 6) is 1.82. The third-order valence-electron chi connectivity index (χ3n) is 5.92. The van der Waals surface area contributed by atoms with Gasteiger partial charge in [0.05, 0.1) is 11.3 Å². The number of rotatable bonds is 8. The molecular weight excluding hydrogens is 523 g/mol. The molecule has 40 heavy (non-hydrogen) atoms. The van der Waals surface area contributed by atoms with Gasteiger partial charge in [0, 0.05) is 42.8 Å². The lowest BCUT2D eigenvalue weighted by Gasteiger charge is -2.15. The Morgan fingerprint density at radius 3 is 2.27 bits per heavy atom. The first-order chi connectivity index (χ1) is 18.9. The molecule has 4 N–H and O–H groups in total. The normalized spacial score (nSPS) is 11.4. The first-order valence-corrected chi connectivity index (χ1v) is 12.3. The van der Waals surface area contributed by atoms with E-state index in [1.165, 1.54) is 25.4 Å². The highest BCUT2D eigenvalue weighted by molar-refractivity contribution is 6.00. The Hall–Kier alpha value is -4.65. The Morgan fingerprint density at radius 1 is 0.950 bits per heavy atom. The highest BCUT2D eigenvalue weighted by atomic mass is 19.4. The van der Waals surface area contributed by atoms with E-state index in [1.54, 1.807) is 29.9 Å². The fraction of sp³-hybridized carbons (Fsp3) is 0.259. The number of nitrogens with zero attached hydrogens (tertiary/aromatic N) is 5. The highest BCUT2D eigenvalue weighted by Crippen LogP contribution is 2.33. The zero-order chi connectivity index (χ0) is 29.0. The standard InChI is InChI=1S/C27H30F3N9O/c1-16-6-8-18(10-21(16)27(28,29)30)34-26(40)35-19-9-7-17(2)22(11-19)36-25-12-20(14-38(4)5)37-39(25)24-13-23(31-3)32-15-33-24/h6-13,15,36H,14H2,1-5H3,(H,31,32,33)(H2,34,35,40). The summed E-state index contributed by atoms with van der Waals surface area (Å²) in [6, 6.07) is 11.9. The summed E-state index contributed by atoms with van der Waals surface area (Å²) in [5, 5.41) is 16.2. The van der Waals surface area contributed by atoms with Gasteiger partial charge in [-0.3, -0.25) is 0 Å². The minimum absolute atomic E-state index is 0.0315. The summed E-state index contributed by atoms with van der Waals surface area (Å²) in [6.45, 7) is 3.87. The lowest BCUT2D eigenvalue weighted by Crippen LogP contribution is -2.20. The first-order valence-electron chi connectivity index (χ1n) is 12.3. The third-order valence-corrected chi connectivity index (χ3v) is 5.92. The molecule has 4 aromatic rings. The summed E-state index contributed by atoms with van der Waals surface area (Å²) in [5.41, 5.74) is 2.12. The topological polar surface area (TPSA) is 112 Å². The summed E-state index contributed by atoms with van der Waals surface area (Å²) in [7, 11) is 5.65. The van der Waals surface area contributed by atoms with Gasteiger partial charge in [-0.15, -0.1) is 0 Å². The largest absolute Gasteiger partial charge is 0.416 e. The number of urea groups is 1. The molecule has 0 atom stereocenters. The predicted octanol–water partition coefficient (Wildman–Crippen LogP) is 5.79. The minimum atomic E-state index is -4.52. The van der Waals surface area contributed by atoms with E-state index in [-0.39, 0.29) is 11.3 Å². The number of anilines is 5. The molecule has 0 spiro atoms. The molecule has 0 bridgehead atoms. The van der Waals surface area contributed by atoms with E-state index in [1.807, 2.05) is 38.1 Å². The van der Waals surface area contributed by atoms with E-state index in [0.717, 1.165) is 17.3 Å². The summed E-state index contributed by atoms with van der Waals surface area (Å²) in [4.78, 5) is 23.1. The molecule has 0 radical (unpaired) electrons. The van der Waals surface area contributed by atoms with Crippen molar-refractivity contribution in [1.82, 2.24) is 24.6 Å². The lowest BCUT2D eigenvalue weighted by molar-refractivity contribution is -0.138. The number of hydrogen-bond acceptors (Lipinski definition) is 7. The fourth-order valence-electron chi connectivity index (χ4n) is 3.97. The van der Waals surface area contributed by atoms with E-state index < -0.39 is 17.8 Å². The number of carbonyl (C=O) groups excluding carboxylic acids is 1. The van der Waals surface area contributed by atoms with Gasteiger partial charge in [-0.05, 0) is 63.3 Å². The summed E-state index contributed by atoms with van der Waals surface area (Å²) >= 11 is 0. The van der Waals surface area contributed by atoms with Crippen LogP contribution in [0.25, 0.3) is 5.82 Å².